The molecular formula is C27H29Cl2NO3S. The van der Waals surface area contributed by atoms with E-state index >= 15 is 0 Å². The van der Waals surface area contributed by atoms with E-state index < -0.39 is 0 Å². The molecule has 1 saturated heterocycles. The largest absolute Gasteiger partial charge is 0.506 e. The first-order chi connectivity index (χ1) is 16.2. The highest BCUT2D eigenvalue weighted by Crippen LogP contribution is 2.56. The summed E-state index contributed by atoms with van der Waals surface area (Å²) in [4.78, 5) is 3.26. The number of phenols is 1. The molecule has 3 aromatic rings. The molecule has 2 heterocycles. The molecule has 0 saturated carbocycles. The standard InChI is InChI=1S/C27H28ClNO3S.ClH/c28-24-22(30)13-14-23-27(24)33-26(20-7-3-1-4-8-20)25(32-23)19-9-11-21(12-10-19)31-18-17-29-15-5-2-6-16-29;/h1,3-4,7-14,25-26,30H,2,5-6,15-18H2;1H/t25-,26+;/m0./s1. The van der Waals surface area contributed by atoms with Crippen LogP contribution in [-0.4, -0.2) is 36.2 Å². The fourth-order valence-electron chi connectivity index (χ4n) is 4.48. The highest BCUT2D eigenvalue weighted by atomic mass is 35.5. The molecule has 2 aliphatic rings. The molecule has 7 heteroatoms. The molecule has 2 atom stereocenters. The number of nitrogens with zero attached hydrogens (tertiary/aromatic N) is 1. The minimum absolute atomic E-state index is 0. The molecule has 4 nitrogen and oxygen atoms in total. The van der Waals surface area contributed by atoms with Gasteiger partial charge in [-0.15, -0.1) is 24.2 Å². The summed E-state index contributed by atoms with van der Waals surface area (Å²) >= 11 is 8.05. The van der Waals surface area contributed by atoms with Crippen LogP contribution in [-0.2, 0) is 0 Å². The van der Waals surface area contributed by atoms with Crippen molar-refractivity contribution in [2.75, 3.05) is 26.2 Å². The van der Waals surface area contributed by atoms with Gasteiger partial charge in [0.15, 0.2) is 0 Å². The molecule has 0 amide bonds. The van der Waals surface area contributed by atoms with Gasteiger partial charge in [0, 0.05) is 6.54 Å². The van der Waals surface area contributed by atoms with Crippen LogP contribution in [0.2, 0.25) is 5.02 Å². The van der Waals surface area contributed by atoms with E-state index in [0.29, 0.717) is 17.4 Å². The Bertz CT molecular complexity index is 1080. The number of piperidine rings is 1. The summed E-state index contributed by atoms with van der Waals surface area (Å²) in [5.74, 6) is 1.65. The van der Waals surface area contributed by atoms with Gasteiger partial charge in [-0.25, -0.2) is 0 Å². The van der Waals surface area contributed by atoms with Gasteiger partial charge in [-0.05, 0) is 61.3 Å². The van der Waals surface area contributed by atoms with Crippen molar-refractivity contribution in [2.45, 2.75) is 35.5 Å². The molecular weight excluding hydrogens is 489 g/mol. The maximum absolute atomic E-state index is 10.1. The van der Waals surface area contributed by atoms with Crippen LogP contribution < -0.4 is 9.47 Å². The van der Waals surface area contributed by atoms with Crippen LogP contribution in [0.4, 0.5) is 0 Å². The summed E-state index contributed by atoms with van der Waals surface area (Å²) < 4.78 is 12.5. The van der Waals surface area contributed by atoms with Crippen LogP contribution >= 0.6 is 35.8 Å². The summed E-state index contributed by atoms with van der Waals surface area (Å²) in [5, 5.41) is 10.4. The second-order valence-electron chi connectivity index (χ2n) is 8.53. The Kier molecular flexibility index (Phi) is 8.54. The molecule has 1 fully saturated rings. The highest BCUT2D eigenvalue weighted by Gasteiger charge is 2.35. The number of hydrogen-bond donors (Lipinski definition) is 1. The summed E-state index contributed by atoms with van der Waals surface area (Å²) in [7, 11) is 0. The van der Waals surface area contributed by atoms with E-state index in [2.05, 4.69) is 29.2 Å². The van der Waals surface area contributed by atoms with Crippen molar-refractivity contribution in [3.63, 3.8) is 0 Å². The average molecular weight is 519 g/mol. The van der Waals surface area contributed by atoms with Crippen molar-refractivity contribution in [1.29, 1.82) is 0 Å². The second-order valence-corrected chi connectivity index (χ2v) is 10.1. The number of rotatable bonds is 6. The summed E-state index contributed by atoms with van der Waals surface area (Å²) in [6, 6.07) is 21.9. The van der Waals surface area contributed by atoms with Gasteiger partial charge in [-0.1, -0.05) is 60.5 Å². The fraction of sp³-hybridized carbons (Fsp3) is 0.333. The quantitative estimate of drug-likeness (QED) is 0.371. The minimum Gasteiger partial charge on any atom is -0.506 e. The SMILES string of the molecule is Cl.Oc1ccc2c(c1Cl)S[C@H](c1ccccc1)[C@H](c1ccc(OCCN3CCCCC3)cc1)O2. The molecule has 0 radical (unpaired) electrons. The van der Waals surface area contributed by atoms with Gasteiger partial charge in [0.2, 0.25) is 0 Å². The van der Waals surface area contributed by atoms with Crippen molar-refractivity contribution in [2.24, 2.45) is 0 Å². The third-order valence-corrected chi connectivity index (χ3v) is 8.18. The van der Waals surface area contributed by atoms with E-state index in [1.54, 1.807) is 23.9 Å². The van der Waals surface area contributed by atoms with Gasteiger partial charge in [0.1, 0.15) is 30.0 Å². The van der Waals surface area contributed by atoms with Crippen molar-refractivity contribution in [3.05, 3.63) is 82.9 Å². The highest BCUT2D eigenvalue weighted by molar-refractivity contribution is 7.99. The predicted molar refractivity (Wildman–Crippen MR) is 141 cm³/mol. The van der Waals surface area contributed by atoms with Crippen LogP contribution in [0.3, 0.4) is 0 Å². The number of hydrogen-bond acceptors (Lipinski definition) is 5. The number of fused-ring (bicyclic) bond motifs is 1. The molecule has 0 spiro atoms. The van der Waals surface area contributed by atoms with Gasteiger partial charge in [-0.2, -0.15) is 0 Å². The minimum atomic E-state index is -0.187. The van der Waals surface area contributed by atoms with Crippen molar-refractivity contribution >= 4 is 35.8 Å². The maximum atomic E-state index is 10.1. The molecule has 3 aromatic carbocycles. The van der Waals surface area contributed by atoms with Gasteiger partial charge >= 0.3 is 0 Å². The molecule has 5 rings (SSSR count). The number of likely N-dealkylation sites (tertiary alicyclic amines) is 1. The number of ether oxygens (including phenoxy) is 2. The third-order valence-electron chi connectivity index (χ3n) is 6.28. The van der Waals surface area contributed by atoms with E-state index in [-0.39, 0.29) is 29.5 Å². The Labute approximate surface area is 216 Å². The molecule has 2 aliphatic heterocycles. The lowest BCUT2D eigenvalue weighted by molar-refractivity contribution is 0.182. The molecule has 180 valence electrons. The molecule has 0 aromatic heterocycles. The Morgan fingerprint density at radius 1 is 0.941 bits per heavy atom. The van der Waals surface area contributed by atoms with Crippen LogP contribution in [0, 0.1) is 0 Å². The Hall–Kier alpha value is -2.05. The zero-order valence-corrected chi connectivity index (χ0v) is 21.2. The first-order valence-corrected chi connectivity index (χ1v) is 12.8. The van der Waals surface area contributed by atoms with Crippen LogP contribution in [0.15, 0.2) is 71.6 Å². The average Bonchev–Trinajstić information content (AvgIpc) is 2.87. The van der Waals surface area contributed by atoms with Gasteiger partial charge in [0.05, 0.1) is 15.2 Å². The Morgan fingerprint density at radius 2 is 1.68 bits per heavy atom. The van der Waals surface area contributed by atoms with Crippen molar-refractivity contribution < 1.29 is 14.6 Å². The lowest BCUT2D eigenvalue weighted by atomic mass is 10.00. The molecule has 0 bridgehead atoms. The fourth-order valence-corrected chi connectivity index (χ4v) is 6.09. The number of phenolic OH excluding ortho intramolecular Hbond substituents is 1. The first-order valence-electron chi connectivity index (χ1n) is 11.5. The smallest absolute Gasteiger partial charge is 0.140 e. The Balaban J connectivity index is 0.00000274. The normalized spacial score (nSPS) is 20.0. The van der Waals surface area contributed by atoms with Crippen LogP contribution in [0.1, 0.15) is 41.7 Å². The lowest BCUT2D eigenvalue weighted by Crippen LogP contribution is -2.33. The third kappa shape index (κ3) is 5.60. The first kappa shape index (κ1) is 25.1. The number of halogens is 2. The van der Waals surface area contributed by atoms with E-state index in [0.717, 1.165) is 28.3 Å². The zero-order chi connectivity index (χ0) is 22.6. The second kappa shape index (κ2) is 11.6. The predicted octanol–water partition coefficient (Wildman–Crippen LogP) is 7.30. The van der Waals surface area contributed by atoms with Gasteiger partial charge < -0.3 is 14.6 Å². The number of aromatic hydroxyl groups is 1. The Morgan fingerprint density at radius 3 is 2.41 bits per heavy atom. The van der Waals surface area contributed by atoms with Crippen molar-refractivity contribution in [1.82, 2.24) is 4.90 Å². The van der Waals surface area contributed by atoms with Crippen LogP contribution in [0.25, 0.3) is 0 Å². The van der Waals surface area contributed by atoms with E-state index in [9.17, 15) is 5.11 Å². The van der Waals surface area contributed by atoms with E-state index in [1.165, 1.54) is 32.4 Å². The summed E-state index contributed by atoms with van der Waals surface area (Å²) in [5.41, 5.74) is 2.23. The topological polar surface area (TPSA) is 41.9 Å². The monoisotopic (exact) mass is 517 g/mol. The number of benzene rings is 3. The summed E-state index contributed by atoms with van der Waals surface area (Å²) in [6.07, 6.45) is 3.75. The molecule has 0 unspecified atom stereocenters. The molecule has 0 aliphatic carbocycles. The number of thioether (sulfide) groups is 1. The van der Waals surface area contributed by atoms with Crippen molar-refractivity contribution in [3.8, 4) is 17.2 Å². The summed E-state index contributed by atoms with van der Waals surface area (Å²) in [6.45, 7) is 4.05. The maximum Gasteiger partial charge on any atom is 0.140 e. The molecule has 1 N–H and O–H groups in total. The molecule has 34 heavy (non-hydrogen) atoms. The van der Waals surface area contributed by atoms with Gasteiger partial charge in [0.25, 0.3) is 0 Å². The lowest BCUT2D eigenvalue weighted by Gasteiger charge is -2.34. The van der Waals surface area contributed by atoms with E-state index in [4.69, 9.17) is 21.1 Å². The van der Waals surface area contributed by atoms with E-state index in [1.807, 2.05) is 30.3 Å². The van der Waals surface area contributed by atoms with Crippen LogP contribution in [0.5, 0.6) is 17.2 Å². The van der Waals surface area contributed by atoms with Gasteiger partial charge in [-0.3, -0.25) is 4.90 Å². The zero-order valence-electron chi connectivity index (χ0n) is 18.9.